The highest BCUT2D eigenvalue weighted by Gasteiger charge is 2.32. The summed E-state index contributed by atoms with van der Waals surface area (Å²) in [7, 11) is 0. The maximum absolute atomic E-state index is 6.24. The molecule has 0 bridgehead atoms. The van der Waals surface area contributed by atoms with Gasteiger partial charge in [0.15, 0.2) is 0 Å². The van der Waals surface area contributed by atoms with Crippen LogP contribution in [0.15, 0.2) is 0 Å². The molecule has 1 saturated carbocycles. The minimum atomic E-state index is 0.197. The predicted molar refractivity (Wildman–Crippen MR) is 67.0 cm³/mol. The van der Waals surface area contributed by atoms with Crippen molar-refractivity contribution in [3.8, 4) is 0 Å². The lowest BCUT2D eigenvalue weighted by molar-refractivity contribution is 0.173. The van der Waals surface area contributed by atoms with Crippen molar-refractivity contribution in [1.82, 2.24) is 4.90 Å². The van der Waals surface area contributed by atoms with Crippen molar-refractivity contribution in [2.75, 3.05) is 19.6 Å². The summed E-state index contributed by atoms with van der Waals surface area (Å²) in [6, 6.07) is 0. The monoisotopic (exact) mass is 212 g/mol. The summed E-state index contributed by atoms with van der Waals surface area (Å²) < 4.78 is 0. The molecule has 0 aliphatic heterocycles. The van der Waals surface area contributed by atoms with Crippen molar-refractivity contribution in [2.24, 2.45) is 11.7 Å². The Morgan fingerprint density at radius 1 is 1.33 bits per heavy atom. The fourth-order valence-corrected chi connectivity index (χ4v) is 2.21. The van der Waals surface area contributed by atoms with E-state index >= 15 is 0 Å². The van der Waals surface area contributed by atoms with Gasteiger partial charge in [-0.1, -0.05) is 27.2 Å². The van der Waals surface area contributed by atoms with Gasteiger partial charge in [-0.3, -0.25) is 0 Å². The molecule has 0 radical (unpaired) electrons. The molecule has 0 aromatic heterocycles. The van der Waals surface area contributed by atoms with Gasteiger partial charge in [-0.25, -0.2) is 0 Å². The van der Waals surface area contributed by atoms with Crippen LogP contribution in [0.3, 0.4) is 0 Å². The van der Waals surface area contributed by atoms with Crippen LogP contribution in [0.1, 0.15) is 52.9 Å². The van der Waals surface area contributed by atoms with Crippen LogP contribution < -0.4 is 5.73 Å². The van der Waals surface area contributed by atoms with E-state index in [0.717, 1.165) is 5.92 Å². The summed E-state index contributed by atoms with van der Waals surface area (Å²) in [5, 5.41) is 0. The molecule has 1 fully saturated rings. The van der Waals surface area contributed by atoms with Gasteiger partial charge in [0.2, 0.25) is 0 Å². The van der Waals surface area contributed by atoms with Gasteiger partial charge in [-0.05, 0) is 44.7 Å². The van der Waals surface area contributed by atoms with E-state index in [0.29, 0.717) is 0 Å². The Kier molecular flexibility index (Phi) is 5.07. The number of rotatable bonds is 7. The van der Waals surface area contributed by atoms with Gasteiger partial charge >= 0.3 is 0 Å². The minimum absolute atomic E-state index is 0.197. The van der Waals surface area contributed by atoms with Crippen LogP contribution in [0.5, 0.6) is 0 Å². The number of hydrogen-bond acceptors (Lipinski definition) is 2. The first-order valence-electron chi connectivity index (χ1n) is 6.61. The van der Waals surface area contributed by atoms with Gasteiger partial charge < -0.3 is 10.6 Å². The summed E-state index contributed by atoms with van der Waals surface area (Å²) in [6.45, 7) is 10.5. The first kappa shape index (κ1) is 13.0. The third-order valence-electron chi connectivity index (χ3n) is 3.99. The standard InChI is InChI=1S/C13H28N2/c1-4-12(3)11-15(5-2)10-9-13(14)7-6-8-13/h12H,4-11,14H2,1-3H3. The lowest BCUT2D eigenvalue weighted by atomic mass is 9.75. The number of nitrogens with zero attached hydrogens (tertiary/aromatic N) is 1. The third kappa shape index (κ3) is 4.12. The molecular formula is C13H28N2. The molecule has 2 heteroatoms. The first-order chi connectivity index (χ1) is 7.09. The fourth-order valence-electron chi connectivity index (χ4n) is 2.21. The highest BCUT2D eigenvalue weighted by Crippen LogP contribution is 2.32. The molecule has 0 aromatic rings. The molecule has 1 aliphatic rings. The van der Waals surface area contributed by atoms with Crippen molar-refractivity contribution in [3.63, 3.8) is 0 Å². The average molecular weight is 212 g/mol. The van der Waals surface area contributed by atoms with Crippen molar-refractivity contribution < 1.29 is 0 Å². The Morgan fingerprint density at radius 3 is 2.40 bits per heavy atom. The van der Waals surface area contributed by atoms with Crippen LogP contribution in [0.2, 0.25) is 0 Å². The van der Waals surface area contributed by atoms with Crippen LogP contribution in [-0.4, -0.2) is 30.1 Å². The Hall–Kier alpha value is -0.0800. The van der Waals surface area contributed by atoms with E-state index in [9.17, 15) is 0 Å². The number of nitrogens with two attached hydrogens (primary N) is 1. The molecule has 2 nitrogen and oxygen atoms in total. The first-order valence-corrected chi connectivity index (χ1v) is 6.61. The maximum atomic E-state index is 6.24. The molecular weight excluding hydrogens is 184 g/mol. The summed E-state index contributed by atoms with van der Waals surface area (Å²) >= 11 is 0. The molecule has 1 unspecified atom stereocenters. The lowest BCUT2D eigenvalue weighted by Crippen LogP contribution is -2.49. The van der Waals surface area contributed by atoms with E-state index < -0.39 is 0 Å². The Bertz CT molecular complexity index is 175. The van der Waals surface area contributed by atoms with Crippen molar-refractivity contribution in [2.45, 2.75) is 58.4 Å². The second kappa shape index (κ2) is 5.86. The van der Waals surface area contributed by atoms with E-state index in [1.807, 2.05) is 0 Å². The van der Waals surface area contributed by atoms with Gasteiger partial charge in [0.25, 0.3) is 0 Å². The molecule has 15 heavy (non-hydrogen) atoms. The van der Waals surface area contributed by atoms with Gasteiger partial charge in [0, 0.05) is 12.1 Å². The molecule has 90 valence electrons. The Balaban J connectivity index is 2.21. The van der Waals surface area contributed by atoms with E-state index in [4.69, 9.17) is 5.73 Å². The Labute approximate surface area is 95.2 Å². The SMILES string of the molecule is CCC(C)CN(CC)CCC1(N)CCC1. The molecule has 2 N–H and O–H groups in total. The predicted octanol–water partition coefficient (Wildman–Crippen LogP) is 2.63. The zero-order chi connectivity index (χ0) is 11.3. The lowest BCUT2D eigenvalue weighted by Gasteiger charge is -2.39. The van der Waals surface area contributed by atoms with Crippen LogP contribution in [0.25, 0.3) is 0 Å². The second-order valence-electron chi connectivity index (χ2n) is 5.37. The second-order valence-corrected chi connectivity index (χ2v) is 5.37. The zero-order valence-electron chi connectivity index (χ0n) is 10.8. The van der Waals surface area contributed by atoms with Gasteiger partial charge in [0.1, 0.15) is 0 Å². The Morgan fingerprint density at radius 2 is 2.00 bits per heavy atom. The van der Waals surface area contributed by atoms with Crippen LogP contribution in [0, 0.1) is 5.92 Å². The summed E-state index contributed by atoms with van der Waals surface area (Å²) in [4.78, 5) is 2.56. The molecule has 0 saturated heterocycles. The van der Waals surface area contributed by atoms with Crippen molar-refractivity contribution in [1.29, 1.82) is 0 Å². The molecule has 0 spiro atoms. The molecule has 1 rings (SSSR count). The van der Waals surface area contributed by atoms with Crippen LogP contribution in [-0.2, 0) is 0 Å². The van der Waals surface area contributed by atoms with Gasteiger partial charge in [-0.15, -0.1) is 0 Å². The number of hydrogen-bond donors (Lipinski definition) is 1. The summed E-state index contributed by atoms with van der Waals surface area (Å²) in [5.41, 5.74) is 6.44. The maximum Gasteiger partial charge on any atom is 0.0166 e. The molecule has 0 amide bonds. The minimum Gasteiger partial charge on any atom is -0.325 e. The van der Waals surface area contributed by atoms with Crippen molar-refractivity contribution >= 4 is 0 Å². The highest BCUT2D eigenvalue weighted by atomic mass is 15.1. The third-order valence-corrected chi connectivity index (χ3v) is 3.99. The molecule has 1 atom stereocenters. The molecule has 0 heterocycles. The smallest absolute Gasteiger partial charge is 0.0166 e. The van der Waals surface area contributed by atoms with Crippen molar-refractivity contribution in [3.05, 3.63) is 0 Å². The molecule has 1 aliphatic carbocycles. The van der Waals surface area contributed by atoms with E-state index in [-0.39, 0.29) is 5.54 Å². The normalized spacial score (nSPS) is 21.4. The summed E-state index contributed by atoms with van der Waals surface area (Å²) in [6.07, 6.45) is 6.30. The molecule has 0 aromatic carbocycles. The quantitative estimate of drug-likeness (QED) is 0.703. The summed E-state index contributed by atoms with van der Waals surface area (Å²) in [5.74, 6) is 0.820. The van der Waals surface area contributed by atoms with E-state index in [1.165, 1.54) is 51.7 Å². The highest BCUT2D eigenvalue weighted by molar-refractivity contribution is 4.92. The largest absolute Gasteiger partial charge is 0.325 e. The van der Waals surface area contributed by atoms with Crippen LogP contribution in [0.4, 0.5) is 0 Å². The average Bonchev–Trinajstić information content (AvgIpc) is 2.21. The van der Waals surface area contributed by atoms with E-state index in [2.05, 4.69) is 25.7 Å². The van der Waals surface area contributed by atoms with Gasteiger partial charge in [-0.2, -0.15) is 0 Å². The van der Waals surface area contributed by atoms with E-state index in [1.54, 1.807) is 0 Å². The topological polar surface area (TPSA) is 29.3 Å². The van der Waals surface area contributed by atoms with Crippen LogP contribution >= 0.6 is 0 Å². The fraction of sp³-hybridized carbons (Fsp3) is 1.00. The zero-order valence-corrected chi connectivity index (χ0v) is 10.8. The van der Waals surface area contributed by atoms with Gasteiger partial charge in [0.05, 0.1) is 0 Å².